The second kappa shape index (κ2) is 33.2. The summed E-state index contributed by atoms with van der Waals surface area (Å²) in [6.07, 6.45) is 0.952. The second-order valence-corrected chi connectivity index (χ2v) is 30.2. The molecule has 8 atom stereocenters. The standard InChI is InChI=1S/C38H49F2N5O8S.C34H45F2N3O6/c1-24-12-26(17-28(13-24)36(48)44-9-7-8-31(44)22-52-6)33(46)18-27(14-25-15-29(39)19-30(40)16-25)35(47)32-20-43(54(50,51)34-21-42(5)23-41-34)10-11-45(32)37(49)53-38(2,3)4;1-21-11-23(16-25(12-21)32(42)38-9-6-7-28(38)20-44-5)30(40)17-24(13-22-14-26(35)18-27(36)15-22)31(41)29-19-37-8-10-39(29)33(43)45-34(2,3)4/h12-13,15-17,19,21,23,27,31-32,35,47H,7-11,14,18,20,22H2,1-6H3;11-12,14-16,18,24,28-29,31,37,41H,6-10,13,17,19-20H2,1-5H3/t27-,31-,32-,35+;24-,28-,29-,31+/m11/s1. The van der Waals surface area contributed by atoms with Crippen LogP contribution in [0, 0.1) is 49.0 Å². The minimum Gasteiger partial charge on any atom is -0.444 e. The largest absolute Gasteiger partial charge is 0.444 e. The lowest BCUT2D eigenvalue weighted by molar-refractivity contribution is -0.0367. The van der Waals surface area contributed by atoms with Crippen molar-refractivity contribution in [3.8, 4) is 0 Å². The molecule has 4 amide bonds. The molecular formula is C72H94F4N8O14S. The number of aliphatic hydroxyl groups is 2. The number of piperazine rings is 2. The van der Waals surface area contributed by atoms with E-state index in [1.807, 2.05) is 0 Å². The van der Waals surface area contributed by atoms with Gasteiger partial charge in [-0.15, -0.1) is 0 Å². The lowest BCUT2D eigenvalue weighted by Crippen LogP contribution is -2.62. The van der Waals surface area contributed by atoms with Gasteiger partial charge in [-0.05, 0) is 189 Å². The van der Waals surface area contributed by atoms with Gasteiger partial charge in [0.2, 0.25) is 0 Å². The molecule has 4 fully saturated rings. The molecule has 1 aromatic heterocycles. The molecule has 4 aromatic carbocycles. The van der Waals surface area contributed by atoms with Gasteiger partial charge in [-0.3, -0.25) is 24.1 Å². The Morgan fingerprint density at radius 3 is 1.42 bits per heavy atom. The van der Waals surface area contributed by atoms with Gasteiger partial charge in [0.05, 0.1) is 55.9 Å². The number of halogens is 4. The molecule has 0 saturated carbocycles. The number of benzene rings is 4. The smallest absolute Gasteiger partial charge is 0.410 e. The summed E-state index contributed by atoms with van der Waals surface area (Å²) in [6, 6.07) is 13.7. The predicted molar refractivity (Wildman–Crippen MR) is 360 cm³/mol. The number of hydrogen-bond donors (Lipinski definition) is 3. The first-order valence-electron chi connectivity index (χ1n) is 33.5. The van der Waals surface area contributed by atoms with Gasteiger partial charge in [0.15, 0.2) is 16.6 Å². The summed E-state index contributed by atoms with van der Waals surface area (Å²) in [4.78, 5) is 92.1. The molecule has 0 radical (unpaired) electrons. The van der Waals surface area contributed by atoms with E-state index in [0.29, 0.717) is 61.2 Å². The van der Waals surface area contributed by atoms with Gasteiger partial charge >= 0.3 is 12.2 Å². The number of rotatable bonds is 22. The van der Waals surface area contributed by atoms with Crippen molar-refractivity contribution in [2.24, 2.45) is 18.9 Å². The number of carbonyl (C=O) groups excluding carboxylic acids is 6. The Balaban J connectivity index is 0.000000256. The summed E-state index contributed by atoms with van der Waals surface area (Å²) in [5.41, 5.74) is 1.28. The zero-order valence-corrected chi connectivity index (χ0v) is 59.1. The minimum atomic E-state index is -4.18. The van der Waals surface area contributed by atoms with Crippen molar-refractivity contribution in [1.29, 1.82) is 0 Å². The summed E-state index contributed by atoms with van der Waals surface area (Å²) >= 11 is 0. The van der Waals surface area contributed by atoms with Crippen LogP contribution in [0.5, 0.6) is 0 Å². The highest BCUT2D eigenvalue weighted by Crippen LogP contribution is 2.33. The van der Waals surface area contributed by atoms with Crippen LogP contribution in [0.2, 0.25) is 0 Å². The highest BCUT2D eigenvalue weighted by atomic mass is 32.2. The first-order chi connectivity index (χ1) is 46.6. The normalized spacial score (nSPS) is 19.8. The van der Waals surface area contributed by atoms with Crippen LogP contribution in [-0.4, -0.2) is 215 Å². The Labute approximate surface area is 576 Å². The zero-order valence-electron chi connectivity index (χ0n) is 58.3. The quantitative estimate of drug-likeness (QED) is 0.0432. The van der Waals surface area contributed by atoms with E-state index in [-0.39, 0.29) is 110 Å². The van der Waals surface area contributed by atoms with Gasteiger partial charge in [-0.25, -0.2) is 40.6 Å². The summed E-state index contributed by atoms with van der Waals surface area (Å²) in [7, 11) is 0.609. The van der Waals surface area contributed by atoms with Gasteiger partial charge in [0.25, 0.3) is 21.8 Å². The fourth-order valence-electron chi connectivity index (χ4n) is 13.5. The number of amides is 4. The topological polar surface area (TPSA) is 260 Å². The number of ether oxygens (including phenoxy) is 4. The number of carbonyl (C=O) groups is 6. The molecular weight excluding hydrogens is 1310 g/mol. The number of ketones is 2. The van der Waals surface area contributed by atoms with E-state index in [1.165, 1.54) is 45.1 Å². The monoisotopic (exact) mass is 1400 g/mol. The van der Waals surface area contributed by atoms with E-state index < -0.39 is 98.6 Å². The van der Waals surface area contributed by atoms with E-state index in [2.05, 4.69) is 10.3 Å². The molecule has 4 saturated heterocycles. The fraction of sp³-hybridized carbons (Fsp3) is 0.542. The van der Waals surface area contributed by atoms with Crippen LogP contribution in [0.1, 0.15) is 144 Å². The van der Waals surface area contributed by atoms with E-state index >= 15 is 0 Å². The number of nitrogens with one attached hydrogen (secondary N) is 1. The maximum Gasteiger partial charge on any atom is 0.410 e. The SMILES string of the molecule is COC[C@H]1CCCN1C(=O)c1cc(C)cc(C(=O)C[C@@H](Cc2cc(F)cc(F)c2)[C@H](O)[C@H]2CN(S(=O)(=O)c3cn(C)cn3)CCN2C(=O)OC(C)(C)C)c1.COC[C@H]1CCCN1C(=O)c1cc(C)cc(C(=O)C[C@@H](Cc2cc(F)cc(F)c2)[C@H](O)[C@H]2CNCCN2C(=O)OC(C)(C)C)c1. The Hall–Kier alpha value is -7.66. The molecule has 0 bridgehead atoms. The minimum absolute atomic E-state index is 0.0235. The summed E-state index contributed by atoms with van der Waals surface area (Å²) in [5, 5.41) is 27.0. The zero-order chi connectivity index (χ0) is 72.4. The summed E-state index contributed by atoms with van der Waals surface area (Å²) in [6.45, 7) is 16.1. The van der Waals surface area contributed by atoms with E-state index in [1.54, 1.807) is 117 Å². The Morgan fingerprint density at radius 1 is 0.586 bits per heavy atom. The fourth-order valence-corrected chi connectivity index (χ4v) is 14.9. The van der Waals surface area contributed by atoms with Crippen molar-refractivity contribution in [2.75, 3.05) is 79.8 Å². The highest BCUT2D eigenvalue weighted by molar-refractivity contribution is 7.89. The molecule has 0 aliphatic carbocycles. The van der Waals surface area contributed by atoms with Crippen LogP contribution in [0.3, 0.4) is 0 Å². The van der Waals surface area contributed by atoms with Crippen molar-refractivity contribution in [2.45, 2.75) is 159 Å². The third-order valence-electron chi connectivity index (χ3n) is 18.0. The Morgan fingerprint density at radius 2 is 1.01 bits per heavy atom. The molecule has 540 valence electrons. The van der Waals surface area contributed by atoms with Crippen molar-refractivity contribution in [3.05, 3.63) is 153 Å². The molecule has 0 spiro atoms. The van der Waals surface area contributed by atoms with Crippen LogP contribution < -0.4 is 5.32 Å². The maximum absolute atomic E-state index is 14.4. The van der Waals surface area contributed by atoms with E-state index in [4.69, 9.17) is 18.9 Å². The van der Waals surface area contributed by atoms with Crippen molar-refractivity contribution in [1.82, 2.24) is 38.8 Å². The number of likely N-dealkylation sites (tertiary alicyclic amines) is 2. The number of methoxy groups -OCH3 is 2. The number of Topliss-reactive ketones (excluding diaryl/α,β-unsaturated/α-hetero) is 2. The third kappa shape index (κ3) is 20.5. The van der Waals surface area contributed by atoms with Crippen LogP contribution >= 0.6 is 0 Å². The summed E-state index contributed by atoms with van der Waals surface area (Å²) in [5.74, 6) is -6.40. The third-order valence-corrected chi connectivity index (χ3v) is 19.7. The Kier molecular flexibility index (Phi) is 25.9. The van der Waals surface area contributed by atoms with Gasteiger partial charge in [-0.1, -0.05) is 0 Å². The summed E-state index contributed by atoms with van der Waals surface area (Å²) < 4.78 is 109. The average molecular weight is 1400 g/mol. The van der Waals surface area contributed by atoms with Gasteiger partial charge in [0.1, 0.15) is 34.5 Å². The van der Waals surface area contributed by atoms with Gasteiger partial charge in [0, 0.05) is 127 Å². The van der Waals surface area contributed by atoms with Crippen LogP contribution in [0.4, 0.5) is 27.2 Å². The van der Waals surface area contributed by atoms with E-state index in [9.17, 15) is 65.0 Å². The molecule has 5 heterocycles. The van der Waals surface area contributed by atoms with Crippen molar-refractivity contribution >= 4 is 45.6 Å². The molecule has 4 aliphatic rings. The van der Waals surface area contributed by atoms with Crippen LogP contribution in [0.25, 0.3) is 0 Å². The maximum atomic E-state index is 14.4. The predicted octanol–water partition coefficient (Wildman–Crippen LogP) is 8.89. The van der Waals surface area contributed by atoms with E-state index in [0.717, 1.165) is 53.8 Å². The molecule has 3 N–H and O–H groups in total. The lowest BCUT2D eigenvalue weighted by Gasteiger charge is -2.44. The van der Waals surface area contributed by atoms with Crippen LogP contribution in [-0.2, 0) is 48.9 Å². The van der Waals surface area contributed by atoms with Crippen LogP contribution in [0.15, 0.2) is 90.3 Å². The van der Waals surface area contributed by atoms with Gasteiger partial charge in [-0.2, -0.15) is 4.31 Å². The molecule has 22 nitrogen and oxygen atoms in total. The number of aliphatic hydroxyl groups excluding tert-OH is 2. The number of hydrogen-bond acceptors (Lipinski definition) is 16. The second-order valence-electron chi connectivity index (χ2n) is 28.3. The molecule has 99 heavy (non-hydrogen) atoms. The number of sulfonamides is 1. The van der Waals surface area contributed by atoms with Gasteiger partial charge < -0.3 is 53.7 Å². The molecule has 0 unspecified atom stereocenters. The Bertz CT molecular complexity index is 3790. The number of nitrogens with zero attached hydrogens (tertiary/aromatic N) is 7. The number of aromatic nitrogens is 2. The lowest BCUT2D eigenvalue weighted by atomic mass is 9.83. The first kappa shape index (κ1) is 77.1. The van der Waals surface area contributed by atoms with Crippen molar-refractivity contribution in [3.63, 3.8) is 0 Å². The number of aryl methyl sites for hydroxylation is 3. The average Bonchev–Trinajstić information content (AvgIpc) is 1.35. The highest BCUT2D eigenvalue weighted by Gasteiger charge is 2.45. The molecule has 27 heteroatoms. The first-order valence-corrected chi connectivity index (χ1v) is 34.9. The van der Waals surface area contributed by atoms with Crippen molar-refractivity contribution < 1.29 is 83.9 Å². The molecule has 9 rings (SSSR count). The number of imidazole rings is 1. The molecule has 5 aromatic rings. The molecule has 4 aliphatic heterocycles.